The van der Waals surface area contributed by atoms with Gasteiger partial charge in [-0.05, 0) is 25.0 Å². The number of hydrogen-bond acceptors (Lipinski definition) is 7. The van der Waals surface area contributed by atoms with Crippen molar-refractivity contribution >= 4 is 37.6 Å². The maximum absolute atomic E-state index is 12.7. The van der Waals surface area contributed by atoms with Crippen LogP contribution in [0.4, 0.5) is 0 Å². The lowest BCUT2D eigenvalue weighted by atomic mass is 9.97. The van der Waals surface area contributed by atoms with Gasteiger partial charge in [-0.1, -0.05) is 11.6 Å². The number of ether oxygens (including phenoxy) is 1. The zero-order valence-electron chi connectivity index (χ0n) is 16.4. The molecule has 0 unspecified atom stereocenters. The summed E-state index contributed by atoms with van der Waals surface area (Å²) in [6.45, 7) is 1.76. The molecule has 3 heterocycles. The zero-order valence-corrected chi connectivity index (χ0v) is 18.8. The van der Waals surface area contributed by atoms with E-state index in [1.165, 1.54) is 26.9 Å². The maximum atomic E-state index is 12.7. The van der Waals surface area contributed by atoms with Crippen molar-refractivity contribution in [3.63, 3.8) is 0 Å². The number of nitrogens with zero attached hydrogens (tertiary/aromatic N) is 3. The van der Waals surface area contributed by atoms with Crippen LogP contribution in [-0.4, -0.2) is 88.0 Å². The minimum atomic E-state index is -3.78. The normalized spacial score (nSPS) is 20.2. The lowest BCUT2D eigenvalue weighted by molar-refractivity contribution is -0.125. The highest BCUT2D eigenvalue weighted by atomic mass is 35.5. The molecule has 2 saturated heterocycles. The van der Waals surface area contributed by atoms with Crippen molar-refractivity contribution in [1.82, 2.24) is 18.9 Å². The molecular formula is C17H25ClN4O6S2. The number of carbonyl (C=O) groups is 1. The number of rotatable bonds is 7. The molecule has 2 aliphatic rings. The number of morpholine rings is 1. The molecule has 2 fully saturated rings. The molecule has 10 nitrogen and oxygen atoms in total. The van der Waals surface area contributed by atoms with E-state index in [9.17, 15) is 21.6 Å². The van der Waals surface area contributed by atoms with Gasteiger partial charge in [0.1, 0.15) is 10.0 Å². The molecule has 1 aromatic heterocycles. The largest absolute Gasteiger partial charge is 0.379 e. The van der Waals surface area contributed by atoms with E-state index >= 15 is 0 Å². The number of nitrogens with one attached hydrogen (secondary N) is 1. The van der Waals surface area contributed by atoms with E-state index in [1.807, 2.05) is 0 Å². The summed E-state index contributed by atoms with van der Waals surface area (Å²) in [6, 6.07) is 2.91. The van der Waals surface area contributed by atoms with E-state index in [2.05, 4.69) is 10.3 Å². The van der Waals surface area contributed by atoms with Gasteiger partial charge in [-0.2, -0.15) is 8.61 Å². The van der Waals surface area contributed by atoms with E-state index in [-0.39, 0.29) is 47.3 Å². The van der Waals surface area contributed by atoms with Crippen molar-refractivity contribution in [2.24, 2.45) is 5.92 Å². The average Bonchev–Trinajstić information content (AvgIpc) is 2.74. The first kappa shape index (κ1) is 23.4. The van der Waals surface area contributed by atoms with E-state index in [1.54, 1.807) is 0 Å². The fourth-order valence-electron chi connectivity index (χ4n) is 3.46. The minimum Gasteiger partial charge on any atom is -0.379 e. The third-order valence-electron chi connectivity index (χ3n) is 5.19. The Morgan fingerprint density at radius 2 is 1.80 bits per heavy atom. The van der Waals surface area contributed by atoms with Gasteiger partial charge in [0, 0.05) is 44.8 Å². The van der Waals surface area contributed by atoms with Crippen molar-refractivity contribution in [3.05, 3.63) is 23.5 Å². The SMILES string of the molecule is O=C(NCCS(=O)(=O)N1CCOCC1)C1CCN(S(=O)(=O)c2cccnc2Cl)CC1. The Hall–Kier alpha value is -1.31. The number of carbonyl (C=O) groups excluding carboxylic acids is 1. The molecule has 0 saturated carbocycles. The Balaban J connectivity index is 1.48. The Bertz CT molecular complexity index is 958. The second-order valence-corrected chi connectivity index (χ2v) is 11.4. The summed E-state index contributed by atoms with van der Waals surface area (Å²) in [4.78, 5) is 16.2. The molecular weight excluding hydrogens is 456 g/mol. The van der Waals surface area contributed by atoms with E-state index < -0.39 is 20.0 Å². The number of hydrogen-bond donors (Lipinski definition) is 1. The highest BCUT2D eigenvalue weighted by molar-refractivity contribution is 7.89. The molecule has 0 atom stereocenters. The van der Waals surface area contributed by atoms with Crippen molar-refractivity contribution < 1.29 is 26.4 Å². The monoisotopic (exact) mass is 480 g/mol. The predicted octanol–water partition coefficient (Wildman–Crippen LogP) is -0.0861. The predicted molar refractivity (Wildman–Crippen MR) is 110 cm³/mol. The van der Waals surface area contributed by atoms with Gasteiger partial charge >= 0.3 is 0 Å². The zero-order chi connectivity index (χ0) is 21.8. The highest BCUT2D eigenvalue weighted by Gasteiger charge is 2.33. The molecule has 0 radical (unpaired) electrons. The van der Waals surface area contributed by atoms with Crippen molar-refractivity contribution in [3.8, 4) is 0 Å². The molecule has 1 amide bonds. The standard InChI is InChI=1S/C17H25ClN4O6S2/c18-16-15(2-1-5-19-16)30(26,27)22-7-3-14(4-8-22)17(23)20-6-13-29(24,25)21-9-11-28-12-10-21/h1-2,5,14H,3-4,6-13H2,(H,20,23). The van der Waals surface area contributed by atoms with E-state index in [0.717, 1.165) is 0 Å². The summed E-state index contributed by atoms with van der Waals surface area (Å²) < 4.78 is 57.9. The number of sulfonamides is 2. The van der Waals surface area contributed by atoms with Crippen LogP contribution in [0.1, 0.15) is 12.8 Å². The van der Waals surface area contributed by atoms with Gasteiger partial charge in [-0.25, -0.2) is 21.8 Å². The summed E-state index contributed by atoms with van der Waals surface area (Å²) in [6.07, 6.45) is 2.11. The van der Waals surface area contributed by atoms with Crippen molar-refractivity contribution in [1.29, 1.82) is 0 Å². The molecule has 0 aromatic carbocycles. The van der Waals surface area contributed by atoms with Crippen molar-refractivity contribution in [2.45, 2.75) is 17.7 Å². The van der Waals surface area contributed by atoms with E-state index in [0.29, 0.717) is 39.1 Å². The van der Waals surface area contributed by atoms with Crippen LogP contribution in [0.2, 0.25) is 5.15 Å². The fourth-order valence-corrected chi connectivity index (χ4v) is 6.68. The molecule has 30 heavy (non-hydrogen) atoms. The topological polar surface area (TPSA) is 126 Å². The Labute approximate surface area is 181 Å². The molecule has 0 bridgehead atoms. The second-order valence-electron chi connectivity index (χ2n) is 7.09. The summed E-state index contributed by atoms with van der Waals surface area (Å²) in [5.74, 6) is -0.804. The molecule has 1 aromatic rings. The molecule has 0 spiro atoms. The lowest BCUT2D eigenvalue weighted by Crippen LogP contribution is -2.46. The lowest BCUT2D eigenvalue weighted by Gasteiger charge is -2.30. The van der Waals surface area contributed by atoms with Crippen LogP contribution < -0.4 is 5.32 Å². The summed E-state index contributed by atoms with van der Waals surface area (Å²) in [7, 11) is -7.22. The molecule has 1 N–H and O–H groups in total. The molecule has 2 aliphatic heterocycles. The highest BCUT2D eigenvalue weighted by Crippen LogP contribution is 2.27. The van der Waals surface area contributed by atoms with Gasteiger partial charge in [0.2, 0.25) is 26.0 Å². The quantitative estimate of drug-likeness (QED) is 0.540. The molecule has 3 rings (SSSR count). The Morgan fingerprint density at radius 3 is 2.43 bits per heavy atom. The number of aromatic nitrogens is 1. The number of amides is 1. The second kappa shape index (κ2) is 9.88. The third kappa shape index (κ3) is 5.48. The van der Waals surface area contributed by atoms with Gasteiger partial charge in [-0.15, -0.1) is 0 Å². The van der Waals surface area contributed by atoms with Crippen LogP contribution in [-0.2, 0) is 29.6 Å². The first-order valence-electron chi connectivity index (χ1n) is 9.66. The Kier molecular flexibility index (Phi) is 7.69. The fraction of sp³-hybridized carbons (Fsp3) is 0.647. The molecule has 13 heteroatoms. The maximum Gasteiger partial charge on any atom is 0.246 e. The number of pyridine rings is 1. The van der Waals surface area contributed by atoms with Gasteiger partial charge < -0.3 is 10.1 Å². The summed E-state index contributed by atoms with van der Waals surface area (Å²) >= 11 is 5.92. The van der Waals surface area contributed by atoms with Crippen LogP contribution in [0.15, 0.2) is 23.2 Å². The van der Waals surface area contributed by atoms with Gasteiger partial charge in [0.15, 0.2) is 0 Å². The first-order chi connectivity index (χ1) is 14.2. The average molecular weight is 481 g/mol. The van der Waals surface area contributed by atoms with Crippen LogP contribution >= 0.6 is 11.6 Å². The van der Waals surface area contributed by atoms with E-state index in [4.69, 9.17) is 16.3 Å². The number of piperidine rings is 1. The van der Waals surface area contributed by atoms with Crippen LogP contribution in [0.3, 0.4) is 0 Å². The van der Waals surface area contributed by atoms with Crippen LogP contribution in [0.5, 0.6) is 0 Å². The Morgan fingerprint density at radius 1 is 1.13 bits per heavy atom. The van der Waals surface area contributed by atoms with Crippen molar-refractivity contribution in [2.75, 3.05) is 51.7 Å². The summed E-state index contributed by atoms with van der Waals surface area (Å²) in [5, 5.41) is 2.58. The number of halogens is 1. The van der Waals surface area contributed by atoms with Gasteiger partial charge in [-0.3, -0.25) is 4.79 Å². The van der Waals surface area contributed by atoms with Crippen LogP contribution in [0, 0.1) is 5.92 Å². The van der Waals surface area contributed by atoms with Gasteiger partial charge in [0.25, 0.3) is 0 Å². The molecule has 168 valence electrons. The summed E-state index contributed by atoms with van der Waals surface area (Å²) in [5.41, 5.74) is 0. The minimum absolute atomic E-state index is 0.0162. The first-order valence-corrected chi connectivity index (χ1v) is 13.1. The molecule has 0 aliphatic carbocycles. The van der Waals surface area contributed by atoms with Gasteiger partial charge in [0.05, 0.1) is 19.0 Å². The van der Waals surface area contributed by atoms with Crippen LogP contribution in [0.25, 0.3) is 0 Å². The third-order valence-corrected chi connectivity index (χ3v) is 9.41. The smallest absolute Gasteiger partial charge is 0.246 e.